The van der Waals surface area contributed by atoms with Gasteiger partial charge in [0.25, 0.3) is 5.96 Å². The molecule has 264 valence electrons. The van der Waals surface area contributed by atoms with E-state index in [1.54, 1.807) is 7.05 Å². The van der Waals surface area contributed by atoms with Crippen LogP contribution >= 0.6 is 0 Å². The maximum atomic E-state index is 13.4. The third-order valence-corrected chi connectivity index (χ3v) is 14.3. The summed E-state index contributed by atoms with van der Waals surface area (Å²) in [5, 5.41) is 51.2. The molecule has 1 aromatic carbocycles. The van der Waals surface area contributed by atoms with Gasteiger partial charge in [0.05, 0.1) is 43.5 Å². The number of aliphatic imine (C=N–C) groups is 1. The summed E-state index contributed by atoms with van der Waals surface area (Å²) in [6, 6.07) is 10.0. The summed E-state index contributed by atoms with van der Waals surface area (Å²) in [6.45, 7) is 5.11. The molecule has 2 heterocycles. The van der Waals surface area contributed by atoms with Gasteiger partial charge in [-0.2, -0.15) is 0 Å². The lowest BCUT2D eigenvalue weighted by molar-refractivity contribution is -0.828. The Labute approximate surface area is 284 Å². The number of aliphatic carboxylic acids is 1. The predicted octanol–water partition coefficient (Wildman–Crippen LogP) is 0.343. The first-order valence-corrected chi connectivity index (χ1v) is 18.5. The molecule has 2 bridgehead atoms. The zero-order valence-electron chi connectivity index (χ0n) is 28.8. The molecule has 4 aliphatic carbocycles. The number of aliphatic hydroxyl groups excluding tert-OH is 1. The Morgan fingerprint density at radius 1 is 1.15 bits per heavy atom. The molecule has 1 aromatic rings. The molecule has 10 heteroatoms. The van der Waals surface area contributed by atoms with Crippen molar-refractivity contribution in [2.45, 2.75) is 101 Å². The highest BCUT2D eigenvalue weighted by Gasteiger charge is 2.76. The number of aliphatic hydroxyl groups is 3. The van der Waals surface area contributed by atoms with Crippen molar-refractivity contribution < 1.29 is 34.9 Å². The van der Waals surface area contributed by atoms with Gasteiger partial charge in [-0.05, 0) is 87.1 Å². The molecule has 0 aromatic heterocycles. The van der Waals surface area contributed by atoms with Gasteiger partial charge in [-0.3, -0.25) is 4.90 Å². The van der Waals surface area contributed by atoms with Crippen LogP contribution in [0.5, 0.6) is 0 Å². The molecule has 48 heavy (non-hydrogen) atoms. The molecule has 2 spiro atoms. The van der Waals surface area contributed by atoms with E-state index in [0.717, 1.165) is 67.8 Å². The zero-order chi connectivity index (χ0) is 33.9. The number of carbonyl (C=O) groups is 1. The van der Waals surface area contributed by atoms with Crippen molar-refractivity contribution in [3.05, 3.63) is 47.0 Å². The number of hydrogen-bond acceptors (Lipinski definition) is 8. The van der Waals surface area contributed by atoms with Crippen LogP contribution in [0.2, 0.25) is 0 Å². The van der Waals surface area contributed by atoms with Crippen molar-refractivity contribution in [3.8, 4) is 0 Å². The molecule has 0 radical (unpaired) electrons. The van der Waals surface area contributed by atoms with E-state index in [1.165, 1.54) is 0 Å². The number of benzene rings is 1. The fraction of sp³-hybridized carbons (Fsp3) is 0.737. The first-order chi connectivity index (χ1) is 23.0. The lowest BCUT2D eigenvalue weighted by atomic mass is 9.45. The molecule has 7 N–H and O–H groups in total. The molecule has 3 saturated carbocycles. The van der Waals surface area contributed by atoms with Crippen LogP contribution < -0.4 is 21.1 Å². The number of rotatable bonds is 8. The number of nitrogens with zero attached hydrogens (tertiary/aromatic N) is 1. The molecule has 10 nitrogen and oxygen atoms in total. The van der Waals surface area contributed by atoms with Gasteiger partial charge in [-0.15, -0.1) is 0 Å². The topological polar surface area (TPSA) is 165 Å². The van der Waals surface area contributed by atoms with E-state index in [9.17, 15) is 25.2 Å². The predicted molar refractivity (Wildman–Crippen MR) is 180 cm³/mol. The highest BCUT2D eigenvalue weighted by Crippen LogP contribution is 2.77. The van der Waals surface area contributed by atoms with Crippen molar-refractivity contribution in [2.24, 2.45) is 45.2 Å². The second kappa shape index (κ2) is 12.8. The van der Waals surface area contributed by atoms with Gasteiger partial charge in [0.15, 0.2) is 0 Å². The van der Waals surface area contributed by atoms with Crippen molar-refractivity contribution in [1.29, 1.82) is 0 Å². The van der Waals surface area contributed by atoms with Crippen molar-refractivity contribution >= 4 is 11.9 Å². The molecule has 2 saturated heterocycles. The van der Waals surface area contributed by atoms with Crippen molar-refractivity contribution in [1.82, 2.24) is 5.32 Å². The van der Waals surface area contributed by atoms with E-state index in [1.807, 2.05) is 30.3 Å². The molecular weight excluding hydrogens is 608 g/mol. The van der Waals surface area contributed by atoms with Gasteiger partial charge >= 0.3 is 0 Å². The number of fused-ring (bicyclic) bond motifs is 1. The van der Waals surface area contributed by atoms with E-state index < -0.39 is 28.7 Å². The van der Waals surface area contributed by atoms with Crippen LogP contribution in [-0.2, 0) is 16.0 Å². The summed E-state index contributed by atoms with van der Waals surface area (Å²) >= 11 is 0. The monoisotopic (exact) mass is 664 g/mol. The molecule has 11 unspecified atom stereocenters. The number of quaternary nitrogens is 1. The van der Waals surface area contributed by atoms with Crippen molar-refractivity contribution in [2.75, 3.05) is 39.8 Å². The van der Waals surface area contributed by atoms with E-state index in [4.69, 9.17) is 10.5 Å². The summed E-state index contributed by atoms with van der Waals surface area (Å²) in [5.41, 5.74) is 5.10. The SMILES string of the molecule is CN=C(N)[NH+]1CCC(CNCCO)C2(C1)C1CCC(C)C23CC(O)(C2CCC4CCC(O)(Cc5ccccc5)CC4O2)C(C(=O)[O-])=C3C1. The van der Waals surface area contributed by atoms with Crippen LogP contribution in [-0.4, -0.2) is 90.5 Å². The number of allylic oxidation sites excluding steroid dienone is 1. The molecule has 0 amide bonds. The van der Waals surface area contributed by atoms with E-state index in [-0.39, 0.29) is 47.4 Å². The first-order valence-electron chi connectivity index (χ1n) is 18.5. The van der Waals surface area contributed by atoms with Gasteiger partial charge in [-0.1, -0.05) is 42.8 Å². The normalized spacial score (nSPS) is 44.1. The highest BCUT2D eigenvalue weighted by molar-refractivity contribution is 5.90. The third-order valence-electron chi connectivity index (χ3n) is 14.3. The lowest BCUT2D eigenvalue weighted by Gasteiger charge is -2.61. The van der Waals surface area contributed by atoms with Crippen LogP contribution in [0.15, 0.2) is 46.5 Å². The number of likely N-dealkylation sites (tertiary alicyclic amines) is 1. The van der Waals surface area contributed by atoms with Crippen LogP contribution in [0.1, 0.15) is 76.7 Å². The van der Waals surface area contributed by atoms with Gasteiger partial charge in [0, 0.05) is 49.3 Å². The Morgan fingerprint density at radius 2 is 1.94 bits per heavy atom. The molecule has 7 rings (SSSR count). The van der Waals surface area contributed by atoms with Crippen LogP contribution in [0.3, 0.4) is 0 Å². The zero-order valence-corrected chi connectivity index (χ0v) is 28.8. The number of hydrogen-bond donors (Lipinski definition) is 6. The second-order valence-corrected chi connectivity index (χ2v) is 16.3. The number of nitrogens with two attached hydrogens (primary N) is 1. The minimum atomic E-state index is -1.69. The third kappa shape index (κ3) is 5.20. The van der Waals surface area contributed by atoms with Crippen LogP contribution in [0, 0.1) is 34.5 Å². The van der Waals surface area contributed by atoms with Gasteiger partial charge < -0.3 is 41.0 Å². The van der Waals surface area contributed by atoms with E-state index in [0.29, 0.717) is 51.0 Å². The number of ether oxygens (including phenoxy) is 1. The van der Waals surface area contributed by atoms with Gasteiger partial charge in [-0.25, -0.2) is 4.99 Å². The quantitative estimate of drug-likeness (QED) is 0.132. The number of nitrogens with one attached hydrogen (secondary N) is 2. The Kier molecular flexibility index (Phi) is 9.08. The van der Waals surface area contributed by atoms with Gasteiger partial charge in [0.2, 0.25) is 0 Å². The highest BCUT2D eigenvalue weighted by atomic mass is 16.5. The minimum Gasteiger partial charge on any atom is -0.545 e. The summed E-state index contributed by atoms with van der Waals surface area (Å²) in [5.74, 6) is 0.195. The molecule has 6 aliphatic rings. The average Bonchev–Trinajstić information content (AvgIpc) is 3.43. The lowest BCUT2D eigenvalue weighted by Crippen LogP contribution is -3.19. The summed E-state index contributed by atoms with van der Waals surface area (Å²) < 4.78 is 6.86. The second-order valence-electron chi connectivity index (χ2n) is 16.3. The number of carboxylic acids is 1. The minimum absolute atomic E-state index is 0.0545. The Morgan fingerprint density at radius 3 is 2.67 bits per heavy atom. The van der Waals surface area contributed by atoms with Crippen LogP contribution in [0.25, 0.3) is 0 Å². The summed E-state index contributed by atoms with van der Waals surface area (Å²) in [6.07, 6.45) is 6.84. The Bertz CT molecular complexity index is 1440. The standard InChI is InChI=1S/C38H56N4O6/c1-24-8-10-27-18-29-32(33(44)45)38(47,22-36(24,29)37(27)23-42(34(39)40-2)16-13-28(37)21-41-15-17-43)31-11-9-26-12-14-35(46,20-30(26)48-31)19-25-6-4-3-5-7-25/h3-7,24,26-28,30-31,41,43,46-47H,8-23H2,1-2H3,(H2,39,40)(H,44,45). The molecule has 2 aliphatic heterocycles. The Hall–Kier alpha value is -2.34. The average molecular weight is 665 g/mol. The fourth-order valence-corrected chi connectivity index (χ4v) is 12.3. The molecule has 5 fully saturated rings. The number of carbonyl (C=O) groups excluding carboxylic acids is 1. The maximum absolute atomic E-state index is 13.4. The van der Waals surface area contributed by atoms with Crippen molar-refractivity contribution in [3.63, 3.8) is 0 Å². The molecular formula is C38H56N4O6. The van der Waals surface area contributed by atoms with E-state index in [2.05, 4.69) is 17.2 Å². The smallest absolute Gasteiger partial charge is 0.293 e. The maximum Gasteiger partial charge on any atom is 0.293 e. The summed E-state index contributed by atoms with van der Waals surface area (Å²) in [4.78, 5) is 18.9. The van der Waals surface area contributed by atoms with Crippen LogP contribution in [0.4, 0.5) is 0 Å². The molecule has 11 atom stereocenters. The number of guanidine groups is 1. The summed E-state index contributed by atoms with van der Waals surface area (Å²) in [7, 11) is 1.73. The number of piperidine rings is 1. The largest absolute Gasteiger partial charge is 0.545 e. The Balaban J connectivity index is 1.25. The number of carboxylic acid groups (broad SMARTS) is 1. The van der Waals surface area contributed by atoms with Gasteiger partial charge in [0.1, 0.15) is 5.60 Å². The fourth-order valence-electron chi connectivity index (χ4n) is 12.3. The van der Waals surface area contributed by atoms with E-state index >= 15 is 0 Å². The first kappa shape index (κ1) is 34.1.